The van der Waals surface area contributed by atoms with Crippen molar-refractivity contribution in [2.75, 3.05) is 0 Å². The van der Waals surface area contributed by atoms with Crippen LogP contribution >= 0.6 is 11.3 Å². The fourth-order valence-corrected chi connectivity index (χ4v) is 4.17. The number of fused-ring (bicyclic) bond motifs is 1. The fourth-order valence-electron chi connectivity index (χ4n) is 2.97. The molecule has 1 aromatic heterocycles. The van der Waals surface area contributed by atoms with E-state index in [0.717, 1.165) is 21.4 Å². The van der Waals surface area contributed by atoms with E-state index < -0.39 is 5.60 Å². The molecule has 0 aliphatic carbocycles. The molecule has 0 saturated heterocycles. The minimum atomic E-state index is -1.13. The monoisotopic (exact) mass is 316 g/mol. The number of rotatable bonds is 3. The summed E-state index contributed by atoms with van der Waals surface area (Å²) in [5.41, 5.74) is 0.641. The van der Waals surface area contributed by atoms with E-state index >= 15 is 0 Å². The van der Waals surface area contributed by atoms with Crippen molar-refractivity contribution in [2.24, 2.45) is 0 Å². The van der Waals surface area contributed by atoms with Gasteiger partial charge in [0.05, 0.1) is 0 Å². The minimum absolute atomic E-state index is 0.887. The van der Waals surface area contributed by atoms with Gasteiger partial charge in [0.25, 0.3) is 0 Å². The molecular weight excluding hydrogens is 300 g/mol. The molecule has 0 aliphatic rings. The van der Waals surface area contributed by atoms with Crippen molar-refractivity contribution >= 4 is 21.4 Å². The number of thiophene rings is 1. The number of benzene rings is 3. The average Bonchev–Trinajstić information content (AvgIpc) is 3.07. The van der Waals surface area contributed by atoms with Crippen LogP contribution in [0.3, 0.4) is 0 Å². The van der Waals surface area contributed by atoms with Gasteiger partial charge < -0.3 is 5.11 Å². The Labute approximate surface area is 139 Å². The summed E-state index contributed by atoms with van der Waals surface area (Å²) in [5, 5.41) is 12.9. The summed E-state index contributed by atoms with van der Waals surface area (Å²) in [7, 11) is 0. The maximum atomic E-state index is 11.7. The van der Waals surface area contributed by atoms with Crippen molar-refractivity contribution in [3.63, 3.8) is 0 Å². The lowest BCUT2D eigenvalue weighted by molar-refractivity contribution is 0.130. The molecule has 1 nitrogen and oxygen atoms in total. The van der Waals surface area contributed by atoms with E-state index in [9.17, 15) is 5.11 Å². The molecule has 0 aliphatic heterocycles. The summed E-state index contributed by atoms with van der Waals surface area (Å²) in [4.78, 5) is 0.941. The molecule has 1 heterocycles. The predicted octanol–water partition coefficient (Wildman–Crippen LogP) is 5.19. The van der Waals surface area contributed by atoms with Gasteiger partial charge in [0.15, 0.2) is 0 Å². The molecule has 1 N–H and O–H groups in total. The maximum absolute atomic E-state index is 11.7. The molecule has 0 amide bonds. The lowest BCUT2D eigenvalue weighted by Crippen LogP contribution is -2.27. The Hall–Kier alpha value is -2.42. The highest BCUT2D eigenvalue weighted by molar-refractivity contribution is 7.19. The molecule has 0 saturated carbocycles. The van der Waals surface area contributed by atoms with Crippen LogP contribution in [0.5, 0.6) is 0 Å². The highest BCUT2D eigenvalue weighted by Gasteiger charge is 2.35. The van der Waals surface area contributed by atoms with E-state index in [1.165, 1.54) is 4.70 Å². The smallest absolute Gasteiger partial charge is 0.149 e. The molecular formula is C21H16OS. The van der Waals surface area contributed by atoms with Crippen molar-refractivity contribution in [3.05, 3.63) is 107 Å². The second kappa shape index (κ2) is 5.65. The second-order valence-electron chi connectivity index (χ2n) is 5.59. The van der Waals surface area contributed by atoms with E-state index in [-0.39, 0.29) is 0 Å². The molecule has 0 fully saturated rings. The zero-order valence-electron chi connectivity index (χ0n) is 12.5. The van der Waals surface area contributed by atoms with Gasteiger partial charge in [-0.2, -0.15) is 0 Å². The Bertz CT molecular complexity index is 853. The topological polar surface area (TPSA) is 20.2 Å². The highest BCUT2D eigenvalue weighted by Crippen LogP contribution is 2.41. The Morgan fingerprint density at radius 3 is 1.74 bits per heavy atom. The molecule has 0 bridgehead atoms. The van der Waals surface area contributed by atoms with Crippen LogP contribution in [0.1, 0.15) is 16.0 Å². The van der Waals surface area contributed by atoms with Crippen LogP contribution < -0.4 is 0 Å². The Balaban J connectivity index is 1.99. The van der Waals surface area contributed by atoms with Crippen LogP contribution in [0.4, 0.5) is 0 Å². The molecule has 3 aromatic carbocycles. The molecule has 0 radical (unpaired) electrons. The van der Waals surface area contributed by atoms with Gasteiger partial charge in [-0.1, -0.05) is 78.9 Å². The third-order valence-corrected chi connectivity index (χ3v) is 5.39. The lowest BCUT2D eigenvalue weighted by atomic mass is 9.85. The van der Waals surface area contributed by atoms with E-state index in [1.807, 2.05) is 72.8 Å². The first-order valence-corrected chi connectivity index (χ1v) is 8.42. The number of hydrogen-bond acceptors (Lipinski definition) is 2. The number of aliphatic hydroxyl groups is 1. The standard InChI is InChI=1S/C21H16OS/c22-21(17-10-3-1-4-11-17,18-12-5-2-6-13-18)20-15-16-9-7-8-14-19(16)23-20/h1-15,22H. The van der Waals surface area contributed by atoms with Gasteiger partial charge in [-0.25, -0.2) is 0 Å². The second-order valence-corrected chi connectivity index (χ2v) is 6.67. The van der Waals surface area contributed by atoms with Crippen LogP contribution in [0.2, 0.25) is 0 Å². The van der Waals surface area contributed by atoms with Crippen molar-refractivity contribution in [3.8, 4) is 0 Å². The summed E-state index contributed by atoms with van der Waals surface area (Å²) in [6.45, 7) is 0. The molecule has 112 valence electrons. The predicted molar refractivity (Wildman–Crippen MR) is 96.8 cm³/mol. The molecule has 23 heavy (non-hydrogen) atoms. The van der Waals surface area contributed by atoms with Crippen LogP contribution in [0, 0.1) is 0 Å². The van der Waals surface area contributed by atoms with Gasteiger partial charge in [-0.3, -0.25) is 0 Å². The van der Waals surface area contributed by atoms with Crippen LogP contribution in [0.15, 0.2) is 91.0 Å². The van der Waals surface area contributed by atoms with Gasteiger partial charge in [-0.05, 0) is 28.6 Å². The zero-order valence-corrected chi connectivity index (χ0v) is 13.3. The Morgan fingerprint density at radius 2 is 1.17 bits per heavy atom. The van der Waals surface area contributed by atoms with Gasteiger partial charge in [0.2, 0.25) is 0 Å². The minimum Gasteiger partial charge on any atom is -0.375 e. The summed E-state index contributed by atoms with van der Waals surface area (Å²) >= 11 is 1.64. The van der Waals surface area contributed by atoms with Crippen molar-refractivity contribution in [2.45, 2.75) is 5.60 Å². The first-order chi connectivity index (χ1) is 11.3. The van der Waals surface area contributed by atoms with Gasteiger partial charge in [0.1, 0.15) is 5.60 Å². The average molecular weight is 316 g/mol. The fraction of sp³-hybridized carbons (Fsp3) is 0.0476. The van der Waals surface area contributed by atoms with Gasteiger partial charge >= 0.3 is 0 Å². The highest BCUT2D eigenvalue weighted by atomic mass is 32.1. The maximum Gasteiger partial charge on any atom is 0.149 e. The Morgan fingerprint density at radius 1 is 0.652 bits per heavy atom. The molecule has 0 unspecified atom stereocenters. The number of hydrogen-bond donors (Lipinski definition) is 1. The third kappa shape index (κ3) is 2.37. The summed E-state index contributed by atoms with van der Waals surface area (Å²) in [5.74, 6) is 0. The molecule has 2 heteroatoms. The van der Waals surface area contributed by atoms with Crippen molar-refractivity contribution in [1.82, 2.24) is 0 Å². The van der Waals surface area contributed by atoms with E-state index in [0.29, 0.717) is 0 Å². The van der Waals surface area contributed by atoms with E-state index in [4.69, 9.17) is 0 Å². The van der Waals surface area contributed by atoms with Crippen LogP contribution in [0.25, 0.3) is 10.1 Å². The SMILES string of the molecule is OC(c1ccccc1)(c1ccccc1)c1cc2ccccc2s1. The van der Waals surface area contributed by atoms with Crippen molar-refractivity contribution in [1.29, 1.82) is 0 Å². The molecule has 0 spiro atoms. The summed E-state index contributed by atoms with van der Waals surface area (Å²) < 4.78 is 1.19. The van der Waals surface area contributed by atoms with Gasteiger partial charge in [-0.15, -0.1) is 11.3 Å². The first-order valence-electron chi connectivity index (χ1n) is 7.61. The summed E-state index contributed by atoms with van der Waals surface area (Å²) in [6.07, 6.45) is 0. The largest absolute Gasteiger partial charge is 0.375 e. The van der Waals surface area contributed by atoms with Gasteiger partial charge in [0, 0.05) is 9.58 Å². The Kier molecular flexibility index (Phi) is 3.49. The normalized spacial score (nSPS) is 11.7. The first kappa shape index (κ1) is 14.2. The molecule has 4 aromatic rings. The lowest BCUT2D eigenvalue weighted by Gasteiger charge is -2.28. The van der Waals surface area contributed by atoms with E-state index in [2.05, 4.69) is 18.2 Å². The molecule has 0 atom stereocenters. The summed E-state index contributed by atoms with van der Waals surface area (Å²) in [6, 6.07) is 30.1. The van der Waals surface area contributed by atoms with Crippen LogP contribution in [-0.4, -0.2) is 5.11 Å². The van der Waals surface area contributed by atoms with E-state index in [1.54, 1.807) is 11.3 Å². The zero-order chi connectivity index (χ0) is 15.7. The quantitative estimate of drug-likeness (QED) is 0.552. The van der Waals surface area contributed by atoms with Crippen LogP contribution in [-0.2, 0) is 5.60 Å². The third-order valence-electron chi connectivity index (χ3n) is 4.17. The van der Waals surface area contributed by atoms with Crippen molar-refractivity contribution < 1.29 is 5.11 Å². The molecule has 4 rings (SSSR count).